The molecule has 20 heavy (non-hydrogen) atoms. The first-order valence-electron chi connectivity index (χ1n) is 6.43. The largest absolute Gasteiger partial charge is 0.332 e. The average molecular weight is 273 g/mol. The van der Waals surface area contributed by atoms with E-state index in [4.69, 9.17) is 5.73 Å². The van der Waals surface area contributed by atoms with Gasteiger partial charge in [0, 0.05) is 25.0 Å². The summed E-state index contributed by atoms with van der Waals surface area (Å²) in [5, 5.41) is 9.61. The lowest BCUT2D eigenvalue weighted by Crippen LogP contribution is -2.29. The first kappa shape index (κ1) is 14.1. The van der Waals surface area contributed by atoms with Crippen molar-refractivity contribution in [1.82, 2.24) is 15.1 Å². The Morgan fingerprint density at radius 3 is 2.90 bits per heavy atom. The summed E-state index contributed by atoms with van der Waals surface area (Å²) >= 11 is 0. The zero-order chi connectivity index (χ0) is 14.5. The number of aryl methyl sites for hydroxylation is 1. The van der Waals surface area contributed by atoms with Gasteiger partial charge in [-0.25, -0.2) is 4.79 Å². The van der Waals surface area contributed by atoms with Crippen molar-refractivity contribution in [3.63, 3.8) is 0 Å². The summed E-state index contributed by atoms with van der Waals surface area (Å²) in [4.78, 5) is 11.8. The molecule has 0 aliphatic carbocycles. The van der Waals surface area contributed by atoms with Crippen LogP contribution in [0.5, 0.6) is 0 Å². The maximum Gasteiger partial charge on any atom is 0.319 e. The molecule has 1 unspecified atom stereocenters. The predicted molar refractivity (Wildman–Crippen MR) is 78.1 cm³/mol. The molecule has 0 bridgehead atoms. The highest BCUT2D eigenvalue weighted by molar-refractivity contribution is 5.89. The van der Waals surface area contributed by atoms with E-state index in [0.717, 1.165) is 16.9 Å². The van der Waals surface area contributed by atoms with E-state index in [-0.39, 0.29) is 12.1 Å². The molecular formula is C14H19N5O. The summed E-state index contributed by atoms with van der Waals surface area (Å²) in [6, 6.07) is 9.04. The second-order valence-electron chi connectivity index (χ2n) is 4.67. The maximum atomic E-state index is 11.8. The van der Waals surface area contributed by atoms with Gasteiger partial charge in [0.25, 0.3) is 0 Å². The van der Waals surface area contributed by atoms with Gasteiger partial charge in [0.1, 0.15) is 0 Å². The van der Waals surface area contributed by atoms with Crippen molar-refractivity contribution in [2.75, 3.05) is 5.32 Å². The molecule has 6 heteroatoms. The fourth-order valence-electron chi connectivity index (χ4n) is 1.82. The van der Waals surface area contributed by atoms with E-state index in [9.17, 15) is 4.79 Å². The van der Waals surface area contributed by atoms with Gasteiger partial charge in [0.15, 0.2) is 0 Å². The molecule has 0 aliphatic rings. The molecule has 106 valence electrons. The smallest absolute Gasteiger partial charge is 0.319 e. The summed E-state index contributed by atoms with van der Waals surface area (Å²) in [5.41, 5.74) is 8.45. The van der Waals surface area contributed by atoms with Gasteiger partial charge in [-0.15, -0.1) is 0 Å². The third-order valence-electron chi connectivity index (χ3n) is 3.02. The highest BCUT2D eigenvalue weighted by Crippen LogP contribution is 2.15. The van der Waals surface area contributed by atoms with Crippen LogP contribution in [0.2, 0.25) is 0 Å². The van der Waals surface area contributed by atoms with Crippen molar-refractivity contribution in [2.24, 2.45) is 12.8 Å². The third kappa shape index (κ3) is 3.58. The van der Waals surface area contributed by atoms with Gasteiger partial charge < -0.3 is 16.4 Å². The summed E-state index contributed by atoms with van der Waals surface area (Å²) in [5.74, 6) is 0. The highest BCUT2D eigenvalue weighted by atomic mass is 16.2. The number of nitrogens with zero attached hydrogens (tertiary/aromatic N) is 2. The molecule has 0 radical (unpaired) electrons. The van der Waals surface area contributed by atoms with Crippen molar-refractivity contribution in [1.29, 1.82) is 0 Å². The van der Waals surface area contributed by atoms with E-state index in [1.165, 1.54) is 0 Å². The number of benzene rings is 1. The third-order valence-corrected chi connectivity index (χ3v) is 3.02. The van der Waals surface area contributed by atoms with Crippen molar-refractivity contribution < 1.29 is 4.79 Å². The van der Waals surface area contributed by atoms with E-state index in [2.05, 4.69) is 15.7 Å². The van der Waals surface area contributed by atoms with Crippen LogP contribution in [0, 0.1) is 0 Å². The van der Waals surface area contributed by atoms with Gasteiger partial charge in [-0.1, -0.05) is 12.1 Å². The minimum absolute atomic E-state index is 0.0609. The van der Waals surface area contributed by atoms with Crippen LogP contribution in [0.1, 0.15) is 24.2 Å². The molecule has 1 aromatic heterocycles. The Balaban J connectivity index is 1.91. The van der Waals surface area contributed by atoms with Crippen LogP contribution in [0.4, 0.5) is 10.5 Å². The number of anilines is 1. The Morgan fingerprint density at radius 1 is 1.45 bits per heavy atom. The molecule has 1 atom stereocenters. The normalized spacial score (nSPS) is 11.9. The van der Waals surface area contributed by atoms with Gasteiger partial charge in [0.05, 0.1) is 12.2 Å². The Kier molecular flexibility index (Phi) is 4.37. The first-order chi connectivity index (χ1) is 9.56. The van der Waals surface area contributed by atoms with Crippen LogP contribution in [-0.2, 0) is 13.6 Å². The topological polar surface area (TPSA) is 85.0 Å². The van der Waals surface area contributed by atoms with Gasteiger partial charge in [0.2, 0.25) is 0 Å². The van der Waals surface area contributed by atoms with Crippen LogP contribution in [0.15, 0.2) is 36.5 Å². The summed E-state index contributed by atoms with van der Waals surface area (Å²) in [6.45, 7) is 2.33. The number of urea groups is 1. The molecule has 1 aromatic carbocycles. The van der Waals surface area contributed by atoms with E-state index in [1.807, 2.05) is 44.3 Å². The van der Waals surface area contributed by atoms with E-state index in [1.54, 1.807) is 10.9 Å². The lowest BCUT2D eigenvalue weighted by molar-refractivity contribution is 0.251. The summed E-state index contributed by atoms with van der Waals surface area (Å²) in [6.07, 6.45) is 1.70. The van der Waals surface area contributed by atoms with Crippen molar-refractivity contribution in [2.45, 2.75) is 19.5 Å². The zero-order valence-electron chi connectivity index (χ0n) is 11.6. The molecule has 0 saturated carbocycles. The maximum absolute atomic E-state index is 11.8. The lowest BCUT2D eigenvalue weighted by Gasteiger charge is -2.10. The zero-order valence-corrected chi connectivity index (χ0v) is 11.6. The second-order valence-corrected chi connectivity index (χ2v) is 4.67. The Labute approximate surface area is 118 Å². The molecular weight excluding hydrogens is 254 g/mol. The minimum atomic E-state index is -0.256. The molecule has 0 saturated heterocycles. The number of carbonyl (C=O) groups excluding carboxylic acids is 1. The molecule has 1 heterocycles. The van der Waals surface area contributed by atoms with Crippen LogP contribution in [0.25, 0.3) is 0 Å². The van der Waals surface area contributed by atoms with Crippen molar-refractivity contribution in [3.05, 3.63) is 47.8 Å². The Hall–Kier alpha value is -2.34. The molecule has 6 nitrogen and oxygen atoms in total. The number of hydrogen-bond acceptors (Lipinski definition) is 3. The Bertz CT molecular complexity index is 591. The number of amides is 2. The van der Waals surface area contributed by atoms with Crippen LogP contribution < -0.4 is 16.4 Å². The Morgan fingerprint density at radius 2 is 2.25 bits per heavy atom. The lowest BCUT2D eigenvalue weighted by atomic mass is 10.1. The molecule has 0 aliphatic heterocycles. The molecule has 0 spiro atoms. The van der Waals surface area contributed by atoms with E-state index in [0.29, 0.717) is 6.54 Å². The van der Waals surface area contributed by atoms with Gasteiger partial charge in [-0.3, -0.25) is 4.68 Å². The quantitative estimate of drug-likeness (QED) is 0.793. The summed E-state index contributed by atoms with van der Waals surface area (Å²) in [7, 11) is 1.83. The van der Waals surface area contributed by atoms with Crippen LogP contribution in [-0.4, -0.2) is 15.8 Å². The average Bonchev–Trinajstić information content (AvgIpc) is 2.82. The minimum Gasteiger partial charge on any atom is -0.332 e. The number of carbonyl (C=O) groups is 1. The molecule has 4 N–H and O–H groups in total. The molecule has 2 aromatic rings. The number of rotatable bonds is 4. The fourth-order valence-corrected chi connectivity index (χ4v) is 1.82. The van der Waals surface area contributed by atoms with Crippen molar-refractivity contribution in [3.8, 4) is 0 Å². The number of aromatic nitrogens is 2. The standard InChI is InChI=1S/C14H19N5O/c1-10(15)11-4-3-5-12(8-11)18-14(20)16-9-13-6-7-17-19(13)2/h3-8,10H,9,15H2,1-2H3,(H2,16,18,20). The SMILES string of the molecule is CC(N)c1cccc(NC(=O)NCc2ccnn2C)c1. The van der Waals surface area contributed by atoms with Crippen molar-refractivity contribution >= 4 is 11.7 Å². The number of nitrogens with one attached hydrogen (secondary N) is 2. The molecule has 2 amide bonds. The number of hydrogen-bond donors (Lipinski definition) is 3. The first-order valence-corrected chi connectivity index (χ1v) is 6.43. The van der Waals surface area contributed by atoms with E-state index < -0.39 is 0 Å². The van der Waals surface area contributed by atoms with Crippen LogP contribution in [0.3, 0.4) is 0 Å². The van der Waals surface area contributed by atoms with Gasteiger partial charge in [-0.05, 0) is 30.7 Å². The molecule has 2 rings (SSSR count). The second kappa shape index (κ2) is 6.21. The van der Waals surface area contributed by atoms with Gasteiger partial charge >= 0.3 is 6.03 Å². The number of nitrogens with two attached hydrogens (primary N) is 1. The predicted octanol–water partition coefficient (Wildman–Crippen LogP) is 1.76. The van der Waals surface area contributed by atoms with Gasteiger partial charge in [-0.2, -0.15) is 5.10 Å². The van der Waals surface area contributed by atoms with E-state index >= 15 is 0 Å². The fraction of sp³-hybridized carbons (Fsp3) is 0.286. The summed E-state index contributed by atoms with van der Waals surface area (Å²) < 4.78 is 1.72. The monoisotopic (exact) mass is 273 g/mol. The highest BCUT2D eigenvalue weighted by Gasteiger charge is 2.05. The van der Waals surface area contributed by atoms with Crippen LogP contribution >= 0.6 is 0 Å². The molecule has 0 fully saturated rings.